The molecule has 0 radical (unpaired) electrons. The van der Waals surface area contributed by atoms with E-state index in [-0.39, 0.29) is 11.9 Å². The molecule has 0 spiro atoms. The van der Waals surface area contributed by atoms with E-state index in [0.717, 1.165) is 23.3 Å². The number of aromatic nitrogens is 1. The zero-order valence-electron chi connectivity index (χ0n) is 11.3. The molecule has 1 aromatic heterocycles. The van der Waals surface area contributed by atoms with E-state index >= 15 is 0 Å². The van der Waals surface area contributed by atoms with Crippen molar-refractivity contribution in [3.8, 4) is 5.75 Å². The summed E-state index contributed by atoms with van der Waals surface area (Å²) in [5, 5.41) is 0.678. The van der Waals surface area contributed by atoms with Gasteiger partial charge in [-0.3, -0.25) is 16.3 Å². The predicted molar refractivity (Wildman–Crippen MR) is 78.6 cm³/mol. The molecule has 0 bridgehead atoms. The molecule has 0 amide bonds. The highest BCUT2D eigenvalue weighted by molar-refractivity contribution is 6.30. The Kier molecular flexibility index (Phi) is 4.05. The van der Waals surface area contributed by atoms with E-state index in [1.54, 1.807) is 6.07 Å². The summed E-state index contributed by atoms with van der Waals surface area (Å²) in [7, 11) is 0. The lowest BCUT2D eigenvalue weighted by Crippen LogP contribution is -2.30. The highest BCUT2D eigenvalue weighted by atomic mass is 35.5. The van der Waals surface area contributed by atoms with Gasteiger partial charge in [0.15, 0.2) is 0 Å². The second kappa shape index (κ2) is 5.97. The van der Waals surface area contributed by atoms with Crippen molar-refractivity contribution in [2.75, 3.05) is 6.61 Å². The van der Waals surface area contributed by atoms with E-state index < -0.39 is 0 Å². The Morgan fingerprint density at radius 2 is 2.29 bits per heavy atom. The lowest BCUT2D eigenvalue weighted by atomic mass is 10.00. The number of pyridine rings is 1. The predicted octanol–water partition coefficient (Wildman–Crippen LogP) is 2.56. The molecule has 1 aromatic carbocycles. The lowest BCUT2D eigenvalue weighted by molar-refractivity contribution is 0.351. The fraction of sp³-hybridized carbons (Fsp3) is 0.267. The van der Waals surface area contributed by atoms with E-state index in [9.17, 15) is 4.39 Å². The van der Waals surface area contributed by atoms with Crippen molar-refractivity contribution < 1.29 is 9.13 Å². The maximum Gasteiger partial charge on any atom is 0.141 e. The molecule has 0 saturated heterocycles. The standard InChI is InChI=1S/C15H15ClFN3O/c16-11-5-9-3-4-21-15(9)10(6-11)7-14(20-18)13-2-1-12(17)8-19-13/h1-2,5-6,8,14,20H,3-4,7,18H2. The quantitative estimate of drug-likeness (QED) is 0.673. The van der Waals surface area contributed by atoms with E-state index in [2.05, 4.69) is 10.4 Å². The van der Waals surface area contributed by atoms with Crippen LogP contribution in [0.3, 0.4) is 0 Å². The van der Waals surface area contributed by atoms with Gasteiger partial charge >= 0.3 is 0 Å². The average molecular weight is 308 g/mol. The molecule has 21 heavy (non-hydrogen) atoms. The third kappa shape index (κ3) is 3.00. The van der Waals surface area contributed by atoms with Crippen molar-refractivity contribution in [1.29, 1.82) is 0 Å². The van der Waals surface area contributed by atoms with E-state index in [1.165, 1.54) is 12.3 Å². The summed E-state index contributed by atoms with van der Waals surface area (Å²) in [6.07, 6.45) is 2.61. The summed E-state index contributed by atoms with van der Waals surface area (Å²) in [5.74, 6) is 6.12. The number of nitrogens with two attached hydrogens (primary N) is 1. The van der Waals surface area contributed by atoms with Gasteiger partial charge in [-0.1, -0.05) is 11.6 Å². The third-order valence-corrected chi connectivity index (χ3v) is 3.78. The number of hydrogen-bond donors (Lipinski definition) is 2. The number of hydrazine groups is 1. The summed E-state index contributed by atoms with van der Waals surface area (Å²) in [4.78, 5) is 4.07. The van der Waals surface area contributed by atoms with Crippen molar-refractivity contribution in [2.24, 2.45) is 5.84 Å². The smallest absolute Gasteiger partial charge is 0.141 e. The largest absolute Gasteiger partial charge is 0.493 e. The van der Waals surface area contributed by atoms with Gasteiger partial charge in [-0.2, -0.15) is 0 Å². The molecule has 1 aliphatic rings. The van der Waals surface area contributed by atoms with Crippen LogP contribution >= 0.6 is 11.6 Å². The second-order valence-corrected chi connectivity index (χ2v) is 5.41. The van der Waals surface area contributed by atoms with Gasteiger partial charge in [-0.25, -0.2) is 4.39 Å². The maximum atomic E-state index is 13.0. The Balaban J connectivity index is 1.89. The van der Waals surface area contributed by atoms with Crippen LogP contribution in [0.15, 0.2) is 30.5 Å². The Labute approximate surface area is 127 Å². The van der Waals surface area contributed by atoms with Crippen molar-refractivity contribution in [3.63, 3.8) is 0 Å². The van der Waals surface area contributed by atoms with Gasteiger partial charge in [0, 0.05) is 11.4 Å². The molecule has 3 rings (SSSR count). The molecule has 6 heteroatoms. The molecule has 0 fully saturated rings. The SMILES string of the molecule is NNC(Cc1cc(Cl)cc2c1OCC2)c1ccc(F)cn1. The van der Waals surface area contributed by atoms with Gasteiger partial charge < -0.3 is 4.74 Å². The molecule has 0 aliphatic carbocycles. The molecule has 3 N–H and O–H groups in total. The van der Waals surface area contributed by atoms with Crippen LogP contribution in [0.5, 0.6) is 5.75 Å². The van der Waals surface area contributed by atoms with Crippen LogP contribution in [0.4, 0.5) is 4.39 Å². The number of halogens is 2. The minimum absolute atomic E-state index is 0.239. The summed E-state index contributed by atoms with van der Waals surface area (Å²) in [6.45, 7) is 0.665. The number of hydrogen-bond acceptors (Lipinski definition) is 4. The minimum atomic E-state index is -0.374. The number of ether oxygens (including phenoxy) is 1. The van der Waals surface area contributed by atoms with Gasteiger partial charge in [0.05, 0.1) is 24.5 Å². The van der Waals surface area contributed by atoms with Crippen LogP contribution in [0, 0.1) is 5.82 Å². The lowest BCUT2D eigenvalue weighted by Gasteiger charge is -2.17. The van der Waals surface area contributed by atoms with Gasteiger partial charge in [0.25, 0.3) is 0 Å². The van der Waals surface area contributed by atoms with Crippen LogP contribution in [0.25, 0.3) is 0 Å². The molecule has 4 nitrogen and oxygen atoms in total. The van der Waals surface area contributed by atoms with Gasteiger partial charge in [-0.15, -0.1) is 0 Å². The minimum Gasteiger partial charge on any atom is -0.493 e. The van der Waals surface area contributed by atoms with Crippen LogP contribution in [-0.2, 0) is 12.8 Å². The first-order valence-corrected chi connectivity index (χ1v) is 7.07. The van der Waals surface area contributed by atoms with Crippen molar-refractivity contribution >= 4 is 11.6 Å². The molecule has 0 saturated carbocycles. The molecule has 1 aliphatic heterocycles. The molecular weight excluding hydrogens is 293 g/mol. The fourth-order valence-electron chi connectivity index (χ4n) is 2.56. The molecule has 110 valence electrons. The van der Waals surface area contributed by atoms with Gasteiger partial charge in [0.2, 0.25) is 0 Å². The number of fused-ring (bicyclic) bond motifs is 1. The van der Waals surface area contributed by atoms with Gasteiger partial charge in [0.1, 0.15) is 11.6 Å². The van der Waals surface area contributed by atoms with Crippen molar-refractivity contribution in [3.05, 3.63) is 58.1 Å². The topological polar surface area (TPSA) is 60.2 Å². The maximum absolute atomic E-state index is 13.0. The van der Waals surface area contributed by atoms with E-state index in [0.29, 0.717) is 23.7 Å². The average Bonchev–Trinajstić information content (AvgIpc) is 2.94. The normalized spacial score (nSPS) is 14.6. The zero-order valence-corrected chi connectivity index (χ0v) is 12.0. The molecule has 2 aromatic rings. The first-order valence-electron chi connectivity index (χ1n) is 6.69. The summed E-state index contributed by atoms with van der Waals surface area (Å²) >= 11 is 6.15. The summed E-state index contributed by atoms with van der Waals surface area (Å²) in [5.41, 5.74) is 5.47. The summed E-state index contributed by atoms with van der Waals surface area (Å²) in [6, 6.07) is 6.54. The Bertz CT molecular complexity index is 648. The first kappa shape index (κ1) is 14.3. The molecule has 2 heterocycles. The third-order valence-electron chi connectivity index (χ3n) is 3.56. The van der Waals surface area contributed by atoms with E-state index in [4.69, 9.17) is 22.2 Å². The fourth-order valence-corrected chi connectivity index (χ4v) is 2.82. The number of nitrogens with zero attached hydrogens (tertiary/aromatic N) is 1. The van der Waals surface area contributed by atoms with Crippen LogP contribution in [0.2, 0.25) is 5.02 Å². The Morgan fingerprint density at radius 1 is 1.43 bits per heavy atom. The highest BCUT2D eigenvalue weighted by Crippen LogP contribution is 2.35. The van der Waals surface area contributed by atoms with Crippen LogP contribution in [-0.4, -0.2) is 11.6 Å². The highest BCUT2D eigenvalue weighted by Gasteiger charge is 2.21. The zero-order chi connectivity index (χ0) is 14.8. The number of nitrogens with one attached hydrogen (secondary N) is 1. The first-order chi connectivity index (χ1) is 10.2. The number of rotatable bonds is 4. The van der Waals surface area contributed by atoms with E-state index in [1.807, 2.05) is 12.1 Å². The van der Waals surface area contributed by atoms with Crippen LogP contribution in [0.1, 0.15) is 22.9 Å². The van der Waals surface area contributed by atoms with Crippen LogP contribution < -0.4 is 16.0 Å². The molecule has 1 unspecified atom stereocenters. The summed E-state index contributed by atoms with van der Waals surface area (Å²) < 4.78 is 18.6. The Hall–Kier alpha value is -1.69. The van der Waals surface area contributed by atoms with Gasteiger partial charge in [-0.05, 0) is 41.8 Å². The molecule has 1 atom stereocenters. The number of benzene rings is 1. The van der Waals surface area contributed by atoms with Crippen molar-refractivity contribution in [1.82, 2.24) is 10.4 Å². The monoisotopic (exact) mass is 307 g/mol. The second-order valence-electron chi connectivity index (χ2n) is 4.98. The van der Waals surface area contributed by atoms with Crippen molar-refractivity contribution in [2.45, 2.75) is 18.9 Å². The molecular formula is C15H15ClFN3O. The Morgan fingerprint density at radius 3 is 3.00 bits per heavy atom.